The van der Waals surface area contributed by atoms with Crippen molar-refractivity contribution in [2.45, 2.75) is 0 Å². The molecular formula is C57H36N4. The zero-order valence-electron chi connectivity index (χ0n) is 33.1. The molecule has 12 rings (SSSR count). The van der Waals surface area contributed by atoms with Crippen molar-refractivity contribution in [1.29, 1.82) is 0 Å². The highest BCUT2D eigenvalue weighted by Gasteiger charge is 2.20. The Bertz CT molecular complexity index is 3640. The van der Waals surface area contributed by atoms with Crippen molar-refractivity contribution >= 4 is 54.1 Å². The van der Waals surface area contributed by atoms with Crippen molar-refractivity contribution in [3.05, 3.63) is 218 Å². The Balaban J connectivity index is 1.13. The van der Waals surface area contributed by atoms with Crippen molar-refractivity contribution in [2.24, 2.45) is 0 Å². The van der Waals surface area contributed by atoms with Gasteiger partial charge in [0.2, 0.25) is 0 Å². The Kier molecular flexibility index (Phi) is 8.13. The summed E-state index contributed by atoms with van der Waals surface area (Å²) in [7, 11) is 0. The molecule has 12 aromatic rings. The van der Waals surface area contributed by atoms with E-state index >= 15 is 0 Å². The summed E-state index contributed by atoms with van der Waals surface area (Å²) in [6.45, 7) is 0. The van der Waals surface area contributed by atoms with Crippen molar-refractivity contribution in [3.63, 3.8) is 0 Å². The molecular weight excluding hydrogens is 741 g/mol. The van der Waals surface area contributed by atoms with Gasteiger partial charge in [-0.2, -0.15) is 0 Å². The summed E-state index contributed by atoms with van der Waals surface area (Å²) >= 11 is 0. The van der Waals surface area contributed by atoms with Crippen LogP contribution < -0.4 is 0 Å². The lowest BCUT2D eigenvalue weighted by atomic mass is 9.97. The van der Waals surface area contributed by atoms with Crippen LogP contribution in [0, 0.1) is 0 Å². The summed E-state index contributed by atoms with van der Waals surface area (Å²) in [5.74, 6) is 1.87. The smallest absolute Gasteiger partial charge is 0.164 e. The molecule has 2 heterocycles. The van der Waals surface area contributed by atoms with Crippen LogP contribution in [0.5, 0.6) is 0 Å². The van der Waals surface area contributed by atoms with Gasteiger partial charge < -0.3 is 4.57 Å². The molecule has 0 saturated heterocycles. The standard InChI is InChI=1S/C57H36N4/c1-3-15-37(16-4-1)41-23-13-24-44(33-41)56-58-55(40-19-5-2-6-20-40)59-57(60-56)45-34-42-21-9-11-26-48(42)52(36-45)61-51-32-30-39-18-8-12-27-49(39)54(51)50-31-29-43(35-53(50)61)47-28-14-22-38-17-7-10-25-46(38)47/h1-36H. The van der Waals surface area contributed by atoms with E-state index in [2.05, 4.69) is 199 Å². The maximum absolute atomic E-state index is 5.28. The molecule has 0 bridgehead atoms. The molecule has 0 aliphatic heterocycles. The number of hydrogen-bond acceptors (Lipinski definition) is 3. The van der Waals surface area contributed by atoms with Gasteiger partial charge in [0.05, 0.1) is 16.7 Å². The van der Waals surface area contributed by atoms with Crippen LogP contribution in [-0.4, -0.2) is 19.5 Å². The molecule has 61 heavy (non-hydrogen) atoms. The number of aromatic nitrogens is 4. The molecule has 0 amide bonds. The van der Waals surface area contributed by atoms with Crippen LogP contribution in [0.15, 0.2) is 218 Å². The molecule has 0 atom stereocenters. The maximum Gasteiger partial charge on any atom is 0.164 e. The van der Waals surface area contributed by atoms with E-state index in [-0.39, 0.29) is 0 Å². The zero-order valence-corrected chi connectivity index (χ0v) is 33.1. The Morgan fingerprint density at radius 1 is 0.279 bits per heavy atom. The van der Waals surface area contributed by atoms with Crippen LogP contribution in [0.3, 0.4) is 0 Å². The number of nitrogens with zero attached hydrogens (tertiary/aromatic N) is 4. The van der Waals surface area contributed by atoms with Crippen molar-refractivity contribution in [3.8, 4) is 62.1 Å². The average molecular weight is 777 g/mol. The summed E-state index contributed by atoms with van der Waals surface area (Å²) < 4.78 is 2.46. The van der Waals surface area contributed by atoms with E-state index in [1.807, 2.05) is 24.3 Å². The first-order valence-electron chi connectivity index (χ1n) is 20.7. The van der Waals surface area contributed by atoms with E-state index < -0.39 is 0 Å². The molecule has 0 radical (unpaired) electrons. The van der Waals surface area contributed by atoms with Crippen molar-refractivity contribution < 1.29 is 0 Å². The second kappa shape index (κ2) is 14.3. The molecule has 0 unspecified atom stereocenters. The predicted molar refractivity (Wildman–Crippen MR) is 254 cm³/mol. The second-order valence-corrected chi connectivity index (χ2v) is 15.6. The summed E-state index contributed by atoms with van der Waals surface area (Å²) in [5.41, 5.74) is 10.7. The molecule has 0 spiro atoms. The highest BCUT2D eigenvalue weighted by atomic mass is 15.0. The molecule has 0 aliphatic carbocycles. The van der Waals surface area contributed by atoms with Gasteiger partial charge in [0.1, 0.15) is 0 Å². The third kappa shape index (κ3) is 5.96. The first kappa shape index (κ1) is 34.8. The van der Waals surface area contributed by atoms with E-state index in [1.54, 1.807) is 0 Å². The summed E-state index contributed by atoms with van der Waals surface area (Å²) in [6.07, 6.45) is 0. The van der Waals surface area contributed by atoms with Gasteiger partial charge in [-0.3, -0.25) is 0 Å². The fourth-order valence-corrected chi connectivity index (χ4v) is 9.11. The molecule has 2 aromatic heterocycles. The Morgan fingerprint density at radius 2 is 0.852 bits per heavy atom. The number of fused-ring (bicyclic) bond motifs is 7. The average Bonchev–Trinajstić information content (AvgIpc) is 3.68. The highest BCUT2D eigenvalue weighted by molar-refractivity contribution is 6.22. The predicted octanol–water partition coefficient (Wildman–Crippen LogP) is 14.8. The number of rotatable bonds is 6. The summed E-state index contributed by atoms with van der Waals surface area (Å²) in [6, 6.07) is 77.7. The van der Waals surface area contributed by atoms with Gasteiger partial charge in [-0.05, 0) is 79.5 Å². The van der Waals surface area contributed by atoms with Crippen LogP contribution in [0.25, 0.3) is 116 Å². The van der Waals surface area contributed by atoms with Crippen LogP contribution in [-0.2, 0) is 0 Å². The molecule has 10 aromatic carbocycles. The van der Waals surface area contributed by atoms with Crippen LogP contribution >= 0.6 is 0 Å². The SMILES string of the molecule is c1ccc(-c2cccc(-c3nc(-c4ccccc4)nc(-c4cc(-n5c6cc(-c7cccc8ccccc78)ccc6c6c7ccccc7ccc65)c5ccccc5c4)n3)c2)cc1. The van der Waals surface area contributed by atoms with Crippen LogP contribution in [0.2, 0.25) is 0 Å². The first-order valence-corrected chi connectivity index (χ1v) is 20.7. The lowest BCUT2D eigenvalue weighted by Gasteiger charge is -2.15. The van der Waals surface area contributed by atoms with E-state index in [9.17, 15) is 0 Å². The highest BCUT2D eigenvalue weighted by Crippen LogP contribution is 2.42. The third-order valence-corrected chi connectivity index (χ3v) is 12.0. The van der Waals surface area contributed by atoms with Crippen LogP contribution in [0.1, 0.15) is 0 Å². The van der Waals surface area contributed by atoms with Gasteiger partial charge in [0.15, 0.2) is 17.5 Å². The van der Waals surface area contributed by atoms with Gasteiger partial charge in [-0.1, -0.05) is 188 Å². The Morgan fingerprint density at radius 3 is 1.64 bits per heavy atom. The summed E-state index contributed by atoms with van der Waals surface area (Å²) in [5, 5.41) is 9.59. The van der Waals surface area contributed by atoms with E-state index in [1.165, 1.54) is 43.4 Å². The fraction of sp³-hybridized carbons (Fsp3) is 0. The fourth-order valence-electron chi connectivity index (χ4n) is 9.11. The monoisotopic (exact) mass is 776 g/mol. The van der Waals surface area contributed by atoms with Crippen molar-refractivity contribution in [1.82, 2.24) is 19.5 Å². The topological polar surface area (TPSA) is 43.6 Å². The van der Waals surface area contributed by atoms with Gasteiger partial charge in [-0.25, -0.2) is 15.0 Å². The zero-order chi connectivity index (χ0) is 40.3. The quantitative estimate of drug-likeness (QED) is 0.169. The lowest BCUT2D eigenvalue weighted by Crippen LogP contribution is -2.02. The molecule has 0 aliphatic rings. The largest absolute Gasteiger partial charge is 0.309 e. The molecule has 284 valence electrons. The third-order valence-electron chi connectivity index (χ3n) is 12.0. The number of hydrogen-bond donors (Lipinski definition) is 0. The van der Waals surface area contributed by atoms with E-state index in [0.717, 1.165) is 55.3 Å². The number of benzene rings is 10. The van der Waals surface area contributed by atoms with Crippen LogP contribution in [0.4, 0.5) is 0 Å². The molecule has 0 N–H and O–H groups in total. The Labute approximate surface area is 352 Å². The Hall–Kier alpha value is -8.21. The minimum atomic E-state index is 0.614. The second-order valence-electron chi connectivity index (χ2n) is 15.6. The van der Waals surface area contributed by atoms with Gasteiger partial charge in [0, 0.05) is 32.8 Å². The van der Waals surface area contributed by atoms with E-state index in [4.69, 9.17) is 15.0 Å². The van der Waals surface area contributed by atoms with Gasteiger partial charge in [0.25, 0.3) is 0 Å². The maximum atomic E-state index is 5.28. The van der Waals surface area contributed by atoms with Crippen molar-refractivity contribution in [2.75, 3.05) is 0 Å². The molecule has 4 nitrogen and oxygen atoms in total. The normalized spacial score (nSPS) is 11.6. The van der Waals surface area contributed by atoms with Gasteiger partial charge in [-0.15, -0.1) is 0 Å². The minimum absolute atomic E-state index is 0.614. The molecule has 4 heteroatoms. The minimum Gasteiger partial charge on any atom is -0.309 e. The van der Waals surface area contributed by atoms with E-state index in [0.29, 0.717) is 17.5 Å². The summed E-state index contributed by atoms with van der Waals surface area (Å²) in [4.78, 5) is 15.6. The first-order chi connectivity index (χ1) is 30.2. The van der Waals surface area contributed by atoms with Gasteiger partial charge >= 0.3 is 0 Å². The lowest BCUT2D eigenvalue weighted by molar-refractivity contribution is 1.07. The molecule has 0 saturated carbocycles. The molecule has 0 fully saturated rings.